The van der Waals surface area contributed by atoms with Crippen molar-refractivity contribution >= 4 is 28.8 Å². The molecule has 0 radical (unpaired) electrons. The maximum Gasteiger partial charge on any atom is 0.322 e. The molecular formula is C13H12ClN3OS. The van der Waals surface area contributed by atoms with E-state index in [2.05, 4.69) is 9.97 Å². The molecule has 4 nitrogen and oxygen atoms in total. The number of benzene rings is 1. The average molecular weight is 294 g/mol. The first-order valence-corrected chi connectivity index (χ1v) is 6.34. The number of nitrogens with two attached hydrogens (primary N) is 1. The van der Waals surface area contributed by atoms with Crippen molar-refractivity contribution in [2.75, 3.05) is 0 Å². The molecule has 0 aliphatic heterocycles. The minimum atomic E-state index is 0.176. The molecule has 2 N–H and O–H groups in total. The largest absolute Gasteiger partial charge is 0.423 e. The van der Waals surface area contributed by atoms with Gasteiger partial charge in [0, 0.05) is 5.69 Å². The van der Waals surface area contributed by atoms with Gasteiger partial charge in [0.2, 0.25) is 0 Å². The molecule has 6 heteroatoms. The maximum atomic E-state index is 6.06. The van der Waals surface area contributed by atoms with Crippen LogP contribution in [0.4, 0.5) is 0 Å². The first-order valence-electron chi connectivity index (χ1n) is 5.55. The second kappa shape index (κ2) is 5.50. The van der Waals surface area contributed by atoms with E-state index in [9.17, 15) is 0 Å². The Morgan fingerprint density at radius 1 is 1.26 bits per heavy atom. The third kappa shape index (κ3) is 3.39. The molecule has 0 saturated carbocycles. The summed E-state index contributed by atoms with van der Waals surface area (Å²) in [5.74, 6) is 0.501. The Morgan fingerprint density at radius 3 is 2.68 bits per heavy atom. The molecule has 0 bridgehead atoms. The second-order valence-electron chi connectivity index (χ2n) is 4.08. The zero-order chi connectivity index (χ0) is 14.0. The number of rotatable bonds is 3. The summed E-state index contributed by atoms with van der Waals surface area (Å²) in [4.78, 5) is 8.52. The van der Waals surface area contributed by atoms with Gasteiger partial charge in [-0.05, 0) is 37.6 Å². The lowest BCUT2D eigenvalue weighted by Crippen LogP contribution is -2.13. The fourth-order valence-electron chi connectivity index (χ4n) is 1.50. The normalized spacial score (nSPS) is 10.3. The van der Waals surface area contributed by atoms with Crippen LogP contribution in [0.1, 0.15) is 17.0 Å². The smallest absolute Gasteiger partial charge is 0.322 e. The number of hydrogen-bond donors (Lipinski definition) is 1. The second-order valence-corrected chi connectivity index (χ2v) is 4.92. The molecule has 1 heterocycles. The molecular weight excluding hydrogens is 282 g/mol. The molecule has 1 aromatic carbocycles. The summed E-state index contributed by atoms with van der Waals surface area (Å²) in [5.41, 5.74) is 7.78. The van der Waals surface area contributed by atoms with Crippen molar-refractivity contribution in [3.8, 4) is 11.8 Å². The number of aryl methyl sites for hydroxylation is 2. The van der Waals surface area contributed by atoms with Crippen molar-refractivity contribution in [1.29, 1.82) is 0 Å². The fourth-order valence-corrected chi connectivity index (χ4v) is 1.76. The Labute approximate surface area is 121 Å². The highest BCUT2D eigenvalue weighted by Gasteiger charge is 2.09. The Balaban J connectivity index is 2.38. The summed E-state index contributed by atoms with van der Waals surface area (Å²) in [6.07, 6.45) is 0. The van der Waals surface area contributed by atoms with Crippen LogP contribution < -0.4 is 10.5 Å². The third-order valence-electron chi connectivity index (χ3n) is 2.37. The van der Waals surface area contributed by atoms with E-state index < -0.39 is 0 Å². The summed E-state index contributed by atoms with van der Waals surface area (Å²) in [5, 5.41) is 0.493. The van der Waals surface area contributed by atoms with E-state index in [4.69, 9.17) is 34.3 Å². The van der Waals surface area contributed by atoms with Gasteiger partial charge in [0.05, 0.1) is 5.02 Å². The van der Waals surface area contributed by atoms with Gasteiger partial charge in [-0.3, -0.25) is 0 Å². The van der Waals surface area contributed by atoms with Gasteiger partial charge in [-0.25, -0.2) is 4.98 Å². The first-order chi connectivity index (χ1) is 8.95. The van der Waals surface area contributed by atoms with Crippen LogP contribution in [-0.4, -0.2) is 15.0 Å². The molecule has 1 aromatic heterocycles. The summed E-state index contributed by atoms with van der Waals surface area (Å²) < 4.78 is 5.59. The van der Waals surface area contributed by atoms with E-state index in [-0.39, 0.29) is 11.0 Å². The fraction of sp³-hybridized carbons (Fsp3) is 0.154. The summed E-state index contributed by atoms with van der Waals surface area (Å²) in [6, 6.07) is 7.35. The van der Waals surface area contributed by atoms with Crippen LogP contribution in [0.25, 0.3) is 0 Å². The third-order valence-corrected chi connectivity index (χ3v) is 2.90. The molecule has 0 spiro atoms. The quantitative estimate of drug-likeness (QED) is 0.881. The van der Waals surface area contributed by atoms with E-state index in [1.165, 1.54) is 0 Å². The van der Waals surface area contributed by atoms with Gasteiger partial charge < -0.3 is 10.5 Å². The molecule has 98 valence electrons. The lowest BCUT2D eigenvalue weighted by atomic mass is 10.2. The molecule has 0 unspecified atom stereocenters. The highest BCUT2D eigenvalue weighted by atomic mass is 35.5. The van der Waals surface area contributed by atoms with Gasteiger partial charge in [0.25, 0.3) is 0 Å². The van der Waals surface area contributed by atoms with E-state index >= 15 is 0 Å². The lowest BCUT2D eigenvalue weighted by molar-refractivity contribution is 0.440. The molecule has 0 atom stereocenters. The lowest BCUT2D eigenvalue weighted by Gasteiger charge is -2.08. The topological polar surface area (TPSA) is 61.0 Å². The van der Waals surface area contributed by atoms with Gasteiger partial charge in [-0.2, -0.15) is 4.98 Å². The molecule has 2 aromatic rings. The monoisotopic (exact) mass is 293 g/mol. The molecule has 0 aliphatic carbocycles. The number of nitrogens with zero attached hydrogens (tertiary/aromatic N) is 2. The Bertz CT molecular complexity index is 646. The van der Waals surface area contributed by atoms with E-state index in [0.29, 0.717) is 16.5 Å². The Kier molecular flexibility index (Phi) is 3.97. The number of ether oxygens (including phenoxy) is 1. The van der Waals surface area contributed by atoms with E-state index in [0.717, 1.165) is 11.3 Å². The zero-order valence-electron chi connectivity index (χ0n) is 10.5. The van der Waals surface area contributed by atoms with Gasteiger partial charge >= 0.3 is 6.01 Å². The standard InChI is InChI=1S/C13H12ClN3OS/c1-7-3-4-9(14)11(5-7)18-13-16-8(2)6-10(17-13)12(15)19/h3-6H,1-2H3,(H2,15,19). The molecule has 0 fully saturated rings. The van der Waals surface area contributed by atoms with Gasteiger partial charge in [0.1, 0.15) is 16.4 Å². The molecule has 0 saturated heterocycles. The molecule has 19 heavy (non-hydrogen) atoms. The number of hydrogen-bond acceptors (Lipinski definition) is 4. The van der Waals surface area contributed by atoms with Crippen molar-refractivity contribution in [1.82, 2.24) is 9.97 Å². The van der Waals surface area contributed by atoms with Crippen LogP contribution >= 0.6 is 23.8 Å². The highest BCUT2D eigenvalue weighted by molar-refractivity contribution is 7.80. The minimum absolute atomic E-state index is 0.176. The maximum absolute atomic E-state index is 6.06. The van der Waals surface area contributed by atoms with Crippen LogP contribution in [0.15, 0.2) is 24.3 Å². The van der Waals surface area contributed by atoms with Crippen LogP contribution in [0.5, 0.6) is 11.8 Å². The van der Waals surface area contributed by atoms with Crippen molar-refractivity contribution < 1.29 is 4.74 Å². The van der Waals surface area contributed by atoms with Crippen LogP contribution in [0, 0.1) is 13.8 Å². The van der Waals surface area contributed by atoms with Gasteiger partial charge in [0.15, 0.2) is 0 Å². The number of aromatic nitrogens is 2. The predicted octanol–water partition coefficient (Wildman–Crippen LogP) is 3.17. The Hall–Kier alpha value is -1.72. The van der Waals surface area contributed by atoms with Crippen molar-refractivity contribution in [3.63, 3.8) is 0 Å². The van der Waals surface area contributed by atoms with Crippen molar-refractivity contribution in [2.45, 2.75) is 13.8 Å². The minimum Gasteiger partial charge on any atom is -0.423 e. The van der Waals surface area contributed by atoms with Crippen molar-refractivity contribution in [2.24, 2.45) is 5.73 Å². The van der Waals surface area contributed by atoms with Gasteiger partial charge in [-0.15, -0.1) is 0 Å². The average Bonchev–Trinajstić information content (AvgIpc) is 2.33. The number of thiocarbonyl (C=S) groups is 1. The summed E-state index contributed by atoms with van der Waals surface area (Å²) in [6.45, 7) is 3.76. The SMILES string of the molecule is Cc1ccc(Cl)c(Oc2nc(C)cc(C(N)=S)n2)c1. The Morgan fingerprint density at radius 2 is 2.00 bits per heavy atom. The molecule has 0 amide bonds. The van der Waals surface area contributed by atoms with Crippen LogP contribution in [0.3, 0.4) is 0 Å². The molecule has 0 aliphatic rings. The van der Waals surface area contributed by atoms with Crippen molar-refractivity contribution in [3.05, 3.63) is 46.2 Å². The highest BCUT2D eigenvalue weighted by Crippen LogP contribution is 2.28. The first kappa shape index (κ1) is 13.7. The van der Waals surface area contributed by atoms with E-state index in [1.54, 1.807) is 12.1 Å². The number of halogens is 1. The zero-order valence-corrected chi connectivity index (χ0v) is 12.0. The van der Waals surface area contributed by atoms with Gasteiger partial charge in [-0.1, -0.05) is 29.9 Å². The van der Waals surface area contributed by atoms with E-state index in [1.807, 2.05) is 26.0 Å². The van der Waals surface area contributed by atoms with Crippen LogP contribution in [-0.2, 0) is 0 Å². The summed E-state index contributed by atoms with van der Waals surface area (Å²) >= 11 is 11.0. The van der Waals surface area contributed by atoms with Crippen LogP contribution in [0.2, 0.25) is 5.02 Å². The predicted molar refractivity (Wildman–Crippen MR) is 78.9 cm³/mol. The summed E-state index contributed by atoms with van der Waals surface area (Å²) in [7, 11) is 0. The molecule has 2 rings (SSSR count).